The highest BCUT2D eigenvalue weighted by atomic mass is 16.3. The van der Waals surface area contributed by atoms with Crippen molar-refractivity contribution in [1.29, 1.82) is 0 Å². The fourth-order valence-corrected chi connectivity index (χ4v) is 2.89. The second-order valence-electron chi connectivity index (χ2n) is 5.84. The topological polar surface area (TPSA) is 69.1 Å². The van der Waals surface area contributed by atoms with Crippen LogP contribution < -0.4 is 5.73 Å². The number of carbonyl (C=O) groups excluding carboxylic acids is 1. The molecule has 1 amide bonds. The van der Waals surface area contributed by atoms with Crippen molar-refractivity contribution in [1.82, 2.24) is 4.98 Å². The van der Waals surface area contributed by atoms with Gasteiger partial charge in [0.15, 0.2) is 5.76 Å². The van der Waals surface area contributed by atoms with E-state index in [9.17, 15) is 4.79 Å². The summed E-state index contributed by atoms with van der Waals surface area (Å²) in [5, 5.41) is 1.16. The van der Waals surface area contributed by atoms with Crippen LogP contribution in [0.4, 0.5) is 0 Å². The van der Waals surface area contributed by atoms with Gasteiger partial charge in [0, 0.05) is 5.39 Å². The van der Waals surface area contributed by atoms with E-state index in [0.29, 0.717) is 5.92 Å². The maximum atomic E-state index is 11.1. The number of amides is 1. The minimum Gasteiger partial charge on any atom is -0.463 e. The molecule has 3 aromatic rings. The Labute approximate surface area is 128 Å². The highest BCUT2D eigenvalue weighted by Crippen LogP contribution is 2.44. The fourth-order valence-electron chi connectivity index (χ4n) is 2.89. The van der Waals surface area contributed by atoms with Crippen LogP contribution in [0.3, 0.4) is 0 Å². The van der Waals surface area contributed by atoms with E-state index in [1.165, 1.54) is 18.4 Å². The van der Waals surface area contributed by atoms with Gasteiger partial charge in [-0.1, -0.05) is 12.1 Å². The van der Waals surface area contributed by atoms with Gasteiger partial charge in [-0.25, -0.2) is 4.98 Å². The van der Waals surface area contributed by atoms with Crippen molar-refractivity contribution in [3.8, 4) is 11.5 Å². The third-order valence-corrected chi connectivity index (χ3v) is 4.08. The van der Waals surface area contributed by atoms with Crippen LogP contribution in [0.25, 0.3) is 22.4 Å². The van der Waals surface area contributed by atoms with Crippen molar-refractivity contribution >= 4 is 16.8 Å². The van der Waals surface area contributed by atoms with Gasteiger partial charge in [0.05, 0.1) is 18.2 Å². The van der Waals surface area contributed by atoms with Gasteiger partial charge in [-0.3, -0.25) is 4.79 Å². The quantitative estimate of drug-likeness (QED) is 0.801. The highest BCUT2D eigenvalue weighted by molar-refractivity contribution is 5.87. The Bertz CT molecular complexity index is 849. The van der Waals surface area contributed by atoms with Gasteiger partial charge in [-0.2, -0.15) is 0 Å². The summed E-state index contributed by atoms with van der Waals surface area (Å²) in [6.45, 7) is 0. The number of fused-ring (bicyclic) bond motifs is 1. The van der Waals surface area contributed by atoms with Crippen LogP contribution in [-0.2, 0) is 11.2 Å². The van der Waals surface area contributed by atoms with E-state index in [4.69, 9.17) is 15.1 Å². The molecule has 1 aliphatic rings. The van der Waals surface area contributed by atoms with Crippen LogP contribution in [0, 0.1) is 0 Å². The van der Waals surface area contributed by atoms with E-state index in [1.807, 2.05) is 24.3 Å². The lowest BCUT2D eigenvalue weighted by Gasteiger charge is -2.09. The molecular weight excluding hydrogens is 276 g/mol. The first-order valence-corrected chi connectivity index (χ1v) is 7.46. The molecule has 1 fully saturated rings. The van der Waals surface area contributed by atoms with Crippen LogP contribution in [0.5, 0.6) is 0 Å². The Morgan fingerprint density at radius 1 is 1.27 bits per heavy atom. The number of hydrogen-bond donors (Lipinski definition) is 1. The molecule has 0 atom stereocenters. The number of rotatable bonds is 4. The zero-order valence-electron chi connectivity index (χ0n) is 12.1. The SMILES string of the molecule is NC(=O)Cc1ccc2c(C3CC3)cc(-c3ccco3)nc2c1. The van der Waals surface area contributed by atoms with Crippen LogP contribution in [-0.4, -0.2) is 10.9 Å². The summed E-state index contributed by atoms with van der Waals surface area (Å²) in [7, 11) is 0. The third kappa shape index (κ3) is 2.37. The van der Waals surface area contributed by atoms with Crippen LogP contribution in [0.15, 0.2) is 47.1 Å². The molecule has 2 aromatic heterocycles. The Morgan fingerprint density at radius 3 is 2.82 bits per heavy atom. The predicted molar refractivity (Wildman–Crippen MR) is 84.3 cm³/mol. The number of aromatic nitrogens is 1. The molecule has 4 nitrogen and oxygen atoms in total. The molecule has 0 radical (unpaired) electrons. The standard InChI is InChI=1S/C18H16N2O2/c19-18(21)9-11-3-6-13-14(12-4-5-12)10-16(20-15(13)8-11)17-2-1-7-22-17/h1-3,6-8,10,12H,4-5,9H2,(H2,19,21). The number of nitrogens with two attached hydrogens (primary N) is 1. The van der Waals surface area contributed by atoms with E-state index < -0.39 is 0 Å². The summed E-state index contributed by atoms with van der Waals surface area (Å²) >= 11 is 0. The molecule has 0 aliphatic heterocycles. The average molecular weight is 292 g/mol. The molecule has 1 aromatic carbocycles. The third-order valence-electron chi connectivity index (χ3n) is 4.08. The van der Waals surface area contributed by atoms with Crippen molar-refractivity contribution in [2.75, 3.05) is 0 Å². The smallest absolute Gasteiger partial charge is 0.221 e. The van der Waals surface area contributed by atoms with E-state index in [0.717, 1.165) is 27.9 Å². The fraction of sp³-hybridized carbons (Fsp3) is 0.222. The van der Waals surface area contributed by atoms with Gasteiger partial charge >= 0.3 is 0 Å². The van der Waals surface area contributed by atoms with Crippen molar-refractivity contribution in [3.05, 3.63) is 53.8 Å². The van der Waals surface area contributed by atoms with Crippen molar-refractivity contribution in [2.45, 2.75) is 25.2 Å². The van der Waals surface area contributed by atoms with Gasteiger partial charge in [0.2, 0.25) is 5.91 Å². The Hall–Kier alpha value is -2.62. The van der Waals surface area contributed by atoms with Crippen LogP contribution >= 0.6 is 0 Å². The Kier molecular flexibility index (Phi) is 2.96. The predicted octanol–water partition coefficient (Wildman–Crippen LogP) is 3.40. The Balaban J connectivity index is 1.89. The maximum absolute atomic E-state index is 11.1. The summed E-state index contributed by atoms with van der Waals surface area (Å²) in [6.07, 6.45) is 4.34. The van der Waals surface area contributed by atoms with Gasteiger partial charge in [0.1, 0.15) is 5.69 Å². The molecule has 22 heavy (non-hydrogen) atoms. The summed E-state index contributed by atoms with van der Waals surface area (Å²) in [6, 6.07) is 11.9. The average Bonchev–Trinajstić information content (AvgIpc) is 3.19. The number of primary amides is 1. The lowest BCUT2D eigenvalue weighted by molar-refractivity contribution is -0.117. The first-order chi connectivity index (χ1) is 10.7. The summed E-state index contributed by atoms with van der Waals surface area (Å²) < 4.78 is 5.48. The van der Waals surface area contributed by atoms with Crippen molar-refractivity contribution < 1.29 is 9.21 Å². The van der Waals surface area contributed by atoms with E-state index in [-0.39, 0.29) is 12.3 Å². The largest absolute Gasteiger partial charge is 0.463 e. The number of furan rings is 1. The van der Waals surface area contributed by atoms with Gasteiger partial charge in [-0.05, 0) is 54.2 Å². The first kappa shape index (κ1) is 13.1. The lowest BCUT2D eigenvalue weighted by atomic mass is 10.0. The Morgan fingerprint density at radius 2 is 2.14 bits per heavy atom. The van der Waals surface area contributed by atoms with Crippen LogP contribution in [0.1, 0.15) is 29.9 Å². The first-order valence-electron chi connectivity index (χ1n) is 7.46. The highest BCUT2D eigenvalue weighted by Gasteiger charge is 2.26. The molecule has 110 valence electrons. The summed E-state index contributed by atoms with van der Waals surface area (Å²) in [5.74, 6) is 1.05. The molecule has 0 bridgehead atoms. The molecule has 0 unspecified atom stereocenters. The maximum Gasteiger partial charge on any atom is 0.221 e. The number of benzene rings is 1. The number of nitrogens with zero attached hydrogens (tertiary/aromatic N) is 1. The lowest BCUT2D eigenvalue weighted by Crippen LogP contribution is -2.13. The minimum atomic E-state index is -0.330. The van der Waals surface area contributed by atoms with Gasteiger partial charge < -0.3 is 10.2 Å². The van der Waals surface area contributed by atoms with E-state index >= 15 is 0 Å². The monoisotopic (exact) mass is 292 g/mol. The molecule has 4 heteroatoms. The molecular formula is C18H16N2O2. The second kappa shape index (κ2) is 4.98. The number of carbonyl (C=O) groups is 1. The molecule has 1 aliphatic carbocycles. The molecule has 0 saturated heterocycles. The van der Waals surface area contributed by atoms with E-state index in [2.05, 4.69) is 12.1 Å². The molecule has 2 heterocycles. The number of hydrogen-bond acceptors (Lipinski definition) is 3. The zero-order chi connectivity index (χ0) is 15.1. The normalized spacial score (nSPS) is 14.4. The molecule has 2 N–H and O–H groups in total. The molecule has 0 spiro atoms. The van der Waals surface area contributed by atoms with Gasteiger partial charge in [0.25, 0.3) is 0 Å². The van der Waals surface area contributed by atoms with Gasteiger partial charge in [-0.15, -0.1) is 0 Å². The van der Waals surface area contributed by atoms with Crippen LogP contribution in [0.2, 0.25) is 0 Å². The second-order valence-corrected chi connectivity index (χ2v) is 5.84. The minimum absolute atomic E-state index is 0.237. The van der Waals surface area contributed by atoms with Crippen molar-refractivity contribution in [2.24, 2.45) is 5.73 Å². The summed E-state index contributed by atoms with van der Waals surface area (Å²) in [5.41, 5.74) is 9.25. The molecule has 1 saturated carbocycles. The zero-order valence-corrected chi connectivity index (χ0v) is 12.1. The molecule has 4 rings (SSSR count). The van der Waals surface area contributed by atoms with Crippen molar-refractivity contribution in [3.63, 3.8) is 0 Å². The van der Waals surface area contributed by atoms with E-state index in [1.54, 1.807) is 6.26 Å². The number of pyridine rings is 1. The summed E-state index contributed by atoms with van der Waals surface area (Å²) in [4.78, 5) is 15.8.